The van der Waals surface area contributed by atoms with Crippen LogP contribution in [0.15, 0.2) is 48.5 Å². The number of benzene rings is 2. The summed E-state index contributed by atoms with van der Waals surface area (Å²) in [7, 11) is 0. The number of carboxylic acid groups (broad SMARTS) is 1. The van der Waals surface area contributed by atoms with Gasteiger partial charge in [-0.25, -0.2) is 4.79 Å². The lowest BCUT2D eigenvalue weighted by molar-refractivity contribution is -0.131. The molecule has 2 nitrogen and oxygen atoms in total. The van der Waals surface area contributed by atoms with E-state index in [0.717, 1.165) is 28.7 Å². The molecule has 0 unspecified atom stereocenters. The van der Waals surface area contributed by atoms with E-state index in [2.05, 4.69) is 37.3 Å². The maximum Gasteiger partial charge on any atom is 0.328 e. The monoisotopic (exact) mass is 266 g/mol. The largest absolute Gasteiger partial charge is 0.478 e. The summed E-state index contributed by atoms with van der Waals surface area (Å²) in [4.78, 5) is 10.7. The zero-order valence-electron chi connectivity index (χ0n) is 11.8. The second-order valence-electron chi connectivity index (χ2n) is 4.81. The molecule has 2 heteroatoms. The van der Waals surface area contributed by atoms with E-state index in [0.29, 0.717) is 0 Å². The van der Waals surface area contributed by atoms with Gasteiger partial charge in [-0.1, -0.05) is 55.0 Å². The van der Waals surface area contributed by atoms with E-state index in [1.165, 1.54) is 11.6 Å². The lowest BCUT2D eigenvalue weighted by atomic mass is 9.96. The molecule has 2 aromatic rings. The number of aliphatic carboxylic acids is 1. The Hall–Kier alpha value is -2.35. The van der Waals surface area contributed by atoms with Gasteiger partial charge < -0.3 is 5.11 Å². The van der Waals surface area contributed by atoms with Crippen LogP contribution in [-0.4, -0.2) is 11.1 Å². The third-order valence-electron chi connectivity index (χ3n) is 3.29. The van der Waals surface area contributed by atoms with Crippen LogP contribution in [0.3, 0.4) is 0 Å². The first-order valence-electron chi connectivity index (χ1n) is 6.71. The maximum absolute atomic E-state index is 10.7. The Morgan fingerprint density at radius 3 is 2.45 bits per heavy atom. The Kier molecular flexibility index (Phi) is 4.36. The van der Waals surface area contributed by atoms with Crippen LogP contribution in [0.1, 0.15) is 23.6 Å². The average Bonchev–Trinajstić information content (AvgIpc) is 2.46. The van der Waals surface area contributed by atoms with Gasteiger partial charge in [-0.15, -0.1) is 0 Å². The van der Waals surface area contributed by atoms with Gasteiger partial charge in [-0.05, 0) is 41.7 Å². The molecule has 0 aliphatic carbocycles. The van der Waals surface area contributed by atoms with Crippen molar-refractivity contribution in [1.82, 2.24) is 0 Å². The van der Waals surface area contributed by atoms with Gasteiger partial charge in [0.2, 0.25) is 0 Å². The molecule has 0 aliphatic rings. The van der Waals surface area contributed by atoms with Crippen molar-refractivity contribution in [2.75, 3.05) is 0 Å². The van der Waals surface area contributed by atoms with Crippen LogP contribution < -0.4 is 0 Å². The van der Waals surface area contributed by atoms with Crippen molar-refractivity contribution in [2.24, 2.45) is 0 Å². The number of carboxylic acids is 1. The minimum atomic E-state index is -0.933. The fourth-order valence-corrected chi connectivity index (χ4v) is 2.15. The molecular weight excluding hydrogens is 248 g/mol. The molecule has 0 saturated carbocycles. The van der Waals surface area contributed by atoms with Crippen LogP contribution in [0.25, 0.3) is 17.2 Å². The van der Waals surface area contributed by atoms with E-state index in [1.54, 1.807) is 6.08 Å². The second-order valence-corrected chi connectivity index (χ2v) is 4.81. The number of carbonyl (C=O) groups is 1. The first-order chi connectivity index (χ1) is 9.60. The summed E-state index contributed by atoms with van der Waals surface area (Å²) in [6, 6.07) is 14.4. The molecule has 2 aromatic carbocycles. The highest BCUT2D eigenvalue weighted by molar-refractivity contribution is 5.88. The summed E-state index contributed by atoms with van der Waals surface area (Å²) in [6.45, 7) is 4.16. The zero-order valence-corrected chi connectivity index (χ0v) is 11.8. The highest BCUT2D eigenvalue weighted by Crippen LogP contribution is 2.26. The fourth-order valence-electron chi connectivity index (χ4n) is 2.15. The molecule has 0 saturated heterocycles. The summed E-state index contributed by atoms with van der Waals surface area (Å²) < 4.78 is 0. The van der Waals surface area contributed by atoms with Crippen LogP contribution in [0.5, 0.6) is 0 Å². The van der Waals surface area contributed by atoms with E-state index in [4.69, 9.17) is 5.11 Å². The molecule has 0 aromatic heterocycles. The molecule has 0 radical (unpaired) electrons. The van der Waals surface area contributed by atoms with Gasteiger partial charge in [0.15, 0.2) is 0 Å². The topological polar surface area (TPSA) is 37.3 Å². The van der Waals surface area contributed by atoms with Crippen molar-refractivity contribution < 1.29 is 9.90 Å². The Balaban J connectivity index is 2.47. The molecule has 2 rings (SSSR count). The Labute approximate surface area is 119 Å². The molecule has 1 N–H and O–H groups in total. The molecular formula is C18H18O2. The molecule has 0 spiro atoms. The molecule has 102 valence electrons. The predicted octanol–water partition coefficient (Wildman–Crippen LogP) is 4.32. The highest BCUT2D eigenvalue weighted by atomic mass is 16.4. The lowest BCUT2D eigenvalue weighted by Crippen LogP contribution is -1.89. The minimum Gasteiger partial charge on any atom is -0.478 e. The van der Waals surface area contributed by atoms with Crippen molar-refractivity contribution in [2.45, 2.75) is 20.3 Å². The molecule has 0 heterocycles. The van der Waals surface area contributed by atoms with E-state index in [9.17, 15) is 4.79 Å². The lowest BCUT2D eigenvalue weighted by Gasteiger charge is -2.09. The van der Waals surface area contributed by atoms with Gasteiger partial charge in [0, 0.05) is 6.08 Å². The van der Waals surface area contributed by atoms with E-state index in [-0.39, 0.29) is 0 Å². The van der Waals surface area contributed by atoms with Crippen LogP contribution >= 0.6 is 0 Å². The standard InChI is InChI=1S/C18H18O2/c1-3-14-5-8-16(9-6-14)17-12-13(2)4-7-15(17)10-11-18(19)20/h4-12H,3H2,1-2H3,(H,19,20)/b11-10+. The predicted molar refractivity (Wildman–Crippen MR) is 82.7 cm³/mol. The molecule has 20 heavy (non-hydrogen) atoms. The van der Waals surface area contributed by atoms with Crippen molar-refractivity contribution in [3.8, 4) is 11.1 Å². The van der Waals surface area contributed by atoms with Crippen molar-refractivity contribution in [3.05, 3.63) is 65.2 Å². The fraction of sp³-hybridized carbons (Fsp3) is 0.167. The Morgan fingerprint density at radius 2 is 1.85 bits per heavy atom. The van der Waals surface area contributed by atoms with E-state index < -0.39 is 5.97 Å². The Bertz CT molecular complexity index is 637. The third-order valence-corrected chi connectivity index (χ3v) is 3.29. The van der Waals surface area contributed by atoms with Gasteiger partial charge in [-0.2, -0.15) is 0 Å². The van der Waals surface area contributed by atoms with Gasteiger partial charge in [0.1, 0.15) is 0 Å². The summed E-state index contributed by atoms with van der Waals surface area (Å²) >= 11 is 0. The average molecular weight is 266 g/mol. The number of aryl methyl sites for hydroxylation is 2. The minimum absolute atomic E-state index is 0.919. The van der Waals surface area contributed by atoms with Gasteiger partial charge >= 0.3 is 5.97 Å². The number of hydrogen-bond donors (Lipinski definition) is 1. The zero-order chi connectivity index (χ0) is 14.5. The molecule has 0 bridgehead atoms. The first-order valence-corrected chi connectivity index (χ1v) is 6.71. The van der Waals surface area contributed by atoms with Crippen LogP contribution in [0, 0.1) is 6.92 Å². The summed E-state index contributed by atoms with van der Waals surface area (Å²) in [5.41, 5.74) is 5.54. The Morgan fingerprint density at radius 1 is 1.15 bits per heavy atom. The molecule has 0 fully saturated rings. The highest BCUT2D eigenvalue weighted by Gasteiger charge is 2.04. The summed E-state index contributed by atoms with van der Waals surface area (Å²) in [5.74, 6) is -0.933. The smallest absolute Gasteiger partial charge is 0.328 e. The quantitative estimate of drug-likeness (QED) is 0.837. The normalized spacial score (nSPS) is 10.9. The van der Waals surface area contributed by atoms with Crippen molar-refractivity contribution >= 4 is 12.0 Å². The SMILES string of the molecule is CCc1ccc(-c2cc(C)ccc2/C=C/C(=O)O)cc1. The molecule has 0 atom stereocenters. The van der Waals surface area contributed by atoms with Gasteiger partial charge in [0.25, 0.3) is 0 Å². The van der Waals surface area contributed by atoms with Gasteiger partial charge in [-0.3, -0.25) is 0 Å². The first kappa shape index (κ1) is 14.1. The summed E-state index contributed by atoms with van der Waals surface area (Å²) in [6.07, 6.45) is 3.83. The summed E-state index contributed by atoms with van der Waals surface area (Å²) in [5, 5.41) is 8.77. The third kappa shape index (κ3) is 3.35. The second kappa shape index (κ2) is 6.20. The van der Waals surface area contributed by atoms with Crippen molar-refractivity contribution in [3.63, 3.8) is 0 Å². The maximum atomic E-state index is 10.7. The van der Waals surface area contributed by atoms with Crippen LogP contribution in [-0.2, 0) is 11.2 Å². The number of hydrogen-bond acceptors (Lipinski definition) is 1. The molecule has 0 aliphatic heterocycles. The van der Waals surface area contributed by atoms with E-state index in [1.807, 2.05) is 19.1 Å². The van der Waals surface area contributed by atoms with E-state index >= 15 is 0 Å². The van der Waals surface area contributed by atoms with Gasteiger partial charge in [0.05, 0.1) is 0 Å². The molecule has 0 amide bonds. The van der Waals surface area contributed by atoms with Crippen LogP contribution in [0.4, 0.5) is 0 Å². The van der Waals surface area contributed by atoms with Crippen molar-refractivity contribution in [1.29, 1.82) is 0 Å². The van der Waals surface area contributed by atoms with Crippen LogP contribution in [0.2, 0.25) is 0 Å². The number of rotatable bonds is 4.